The Morgan fingerprint density at radius 1 is 1.06 bits per heavy atom. The molecule has 1 aliphatic rings. The van der Waals surface area contributed by atoms with Gasteiger partial charge >= 0.3 is 17.9 Å². The first-order valence-corrected chi connectivity index (χ1v) is 12.4. The van der Waals surface area contributed by atoms with E-state index in [1.807, 2.05) is 0 Å². The first-order valence-electron chi connectivity index (χ1n) is 10.2. The van der Waals surface area contributed by atoms with Crippen molar-refractivity contribution in [1.29, 1.82) is 0 Å². The molecule has 0 spiro atoms. The number of carbonyl (C=O) groups is 3. The number of ether oxygens (including phenoxy) is 4. The second kappa shape index (κ2) is 13.2. The summed E-state index contributed by atoms with van der Waals surface area (Å²) < 4.78 is 38.2. The summed E-state index contributed by atoms with van der Waals surface area (Å²) in [6.07, 6.45) is 0.409. The Balaban J connectivity index is 3.32. The molecule has 6 atom stereocenters. The molecule has 182 valence electrons. The Bertz CT molecular complexity index is 694. The normalized spacial score (nSPS) is 26.9. The van der Waals surface area contributed by atoms with Gasteiger partial charge in [-0.15, -0.1) is 18.3 Å². The number of hydrogen-bond donors (Lipinski definition) is 0. The minimum Gasteiger partial charge on any atom is -0.591 e. The number of esters is 3. The van der Waals surface area contributed by atoms with Crippen LogP contribution in [-0.2, 0) is 44.7 Å². The molecule has 1 rings (SSSR count). The lowest BCUT2D eigenvalue weighted by atomic mass is 9.99. The lowest BCUT2D eigenvalue weighted by Gasteiger charge is -2.43. The number of hydrogen-bond acceptors (Lipinski definition) is 10. The first kappa shape index (κ1) is 28.5. The van der Waals surface area contributed by atoms with Crippen LogP contribution in [-0.4, -0.2) is 69.0 Å². The summed E-state index contributed by atoms with van der Waals surface area (Å²) in [7, 11) is 0. The topological polar surface area (TPSA) is 124 Å². The molecule has 0 aromatic rings. The van der Waals surface area contributed by atoms with E-state index in [4.69, 9.17) is 18.9 Å². The Labute approximate surface area is 197 Å². The number of carbonyl (C=O) groups excluding carboxylic acids is 3. The van der Waals surface area contributed by atoms with E-state index in [-0.39, 0.29) is 0 Å². The third kappa shape index (κ3) is 9.51. The van der Waals surface area contributed by atoms with Crippen LogP contribution >= 0.6 is 11.8 Å². The van der Waals surface area contributed by atoms with Gasteiger partial charge in [0.1, 0.15) is 27.6 Å². The van der Waals surface area contributed by atoms with E-state index in [0.29, 0.717) is 5.75 Å². The molecule has 0 aromatic carbocycles. The van der Waals surface area contributed by atoms with Gasteiger partial charge in [0.15, 0.2) is 18.3 Å². The summed E-state index contributed by atoms with van der Waals surface area (Å²) in [4.78, 5) is 35.4. The van der Waals surface area contributed by atoms with Crippen LogP contribution in [0.1, 0.15) is 54.4 Å². The summed E-state index contributed by atoms with van der Waals surface area (Å²) in [5, 5.41) is 0. The van der Waals surface area contributed by atoms with Gasteiger partial charge in [-0.2, -0.15) is 0 Å². The van der Waals surface area contributed by atoms with Gasteiger partial charge in [0.2, 0.25) is 0 Å². The highest BCUT2D eigenvalue weighted by atomic mass is 32.2. The lowest BCUT2D eigenvalue weighted by molar-refractivity contribution is -0.221. The van der Waals surface area contributed by atoms with Gasteiger partial charge < -0.3 is 23.5 Å². The third-order valence-electron chi connectivity index (χ3n) is 4.10. The highest BCUT2D eigenvalue weighted by Crippen LogP contribution is 2.34. The summed E-state index contributed by atoms with van der Waals surface area (Å²) in [5.74, 6) is -1.24. The van der Waals surface area contributed by atoms with Crippen molar-refractivity contribution in [1.82, 2.24) is 0 Å². The van der Waals surface area contributed by atoms with Crippen molar-refractivity contribution in [3.63, 3.8) is 0 Å². The predicted octanol–water partition coefficient (Wildman–Crippen LogP) is 2.74. The van der Waals surface area contributed by atoms with Crippen LogP contribution < -0.4 is 0 Å². The number of thioether (sulfide) groups is 1. The monoisotopic (exact) mass is 491 g/mol. The standard InChI is InChI=1S/C21H33NO8S2/c1-8-9-10-11-31-20-19(29-15(4)25)18(28-14(3)24)17(27-13(2)23)16(30-20)12-22-32(26)21(5,6)7/h8,12,16-20H,1,9-11H2,2-7H3/t16-,17+,18+,19-,20-,32?/m1/s1. The van der Waals surface area contributed by atoms with Gasteiger partial charge in [-0.05, 0) is 39.4 Å². The van der Waals surface area contributed by atoms with Crippen molar-refractivity contribution in [2.45, 2.75) is 89.0 Å². The van der Waals surface area contributed by atoms with E-state index in [1.165, 1.54) is 38.7 Å². The van der Waals surface area contributed by atoms with Crippen molar-refractivity contribution < 1.29 is 37.9 Å². The maximum Gasteiger partial charge on any atom is 0.303 e. The van der Waals surface area contributed by atoms with Crippen LogP contribution in [0.5, 0.6) is 0 Å². The van der Waals surface area contributed by atoms with Crippen molar-refractivity contribution in [2.75, 3.05) is 5.75 Å². The molecule has 1 heterocycles. The van der Waals surface area contributed by atoms with Gasteiger partial charge in [-0.3, -0.25) is 14.4 Å². The Morgan fingerprint density at radius 2 is 1.59 bits per heavy atom. The van der Waals surface area contributed by atoms with Crippen LogP contribution in [0.2, 0.25) is 0 Å². The molecule has 0 radical (unpaired) electrons. The first-order chi connectivity index (χ1) is 14.9. The Hall–Kier alpha value is -1.56. The molecule has 0 aromatic heterocycles. The molecule has 0 amide bonds. The maximum atomic E-state index is 12.4. The molecular weight excluding hydrogens is 458 g/mol. The molecule has 1 unspecified atom stereocenters. The number of rotatable bonds is 10. The third-order valence-corrected chi connectivity index (χ3v) is 6.69. The van der Waals surface area contributed by atoms with Crippen LogP contribution in [0.15, 0.2) is 17.1 Å². The Morgan fingerprint density at radius 3 is 2.09 bits per heavy atom. The largest absolute Gasteiger partial charge is 0.591 e. The van der Waals surface area contributed by atoms with Crippen LogP contribution in [0.25, 0.3) is 0 Å². The van der Waals surface area contributed by atoms with Gasteiger partial charge in [0.05, 0.1) is 6.21 Å². The number of allylic oxidation sites excluding steroid dienone is 1. The molecule has 32 heavy (non-hydrogen) atoms. The molecule has 11 heteroatoms. The predicted molar refractivity (Wildman–Crippen MR) is 124 cm³/mol. The number of unbranched alkanes of at least 4 members (excludes halogenated alkanes) is 1. The van der Waals surface area contributed by atoms with Crippen LogP contribution in [0.4, 0.5) is 0 Å². The fraction of sp³-hybridized carbons (Fsp3) is 0.714. The molecule has 1 fully saturated rings. The molecule has 1 saturated heterocycles. The second-order valence-electron chi connectivity index (χ2n) is 8.11. The zero-order chi connectivity index (χ0) is 24.5. The smallest absolute Gasteiger partial charge is 0.303 e. The average molecular weight is 492 g/mol. The molecule has 0 bridgehead atoms. The maximum absolute atomic E-state index is 12.4. The van der Waals surface area contributed by atoms with Gasteiger partial charge in [0, 0.05) is 20.8 Å². The van der Waals surface area contributed by atoms with E-state index < -0.39 is 63.9 Å². The highest BCUT2D eigenvalue weighted by molar-refractivity contribution is 7.99. The average Bonchev–Trinajstić information content (AvgIpc) is 2.65. The van der Waals surface area contributed by atoms with Crippen molar-refractivity contribution in [3.8, 4) is 0 Å². The molecule has 0 N–H and O–H groups in total. The second-order valence-corrected chi connectivity index (χ2v) is 11.2. The van der Waals surface area contributed by atoms with Gasteiger partial charge in [-0.1, -0.05) is 10.5 Å². The molecule has 0 saturated carbocycles. The Kier molecular flexibility index (Phi) is 11.8. The van der Waals surface area contributed by atoms with Crippen LogP contribution in [0.3, 0.4) is 0 Å². The molecule has 0 aliphatic carbocycles. The lowest BCUT2D eigenvalue weighted by Crippen LogP contribution is -2.61. The summed E-state index contributed by atoms with van der Waals surface area (Å²) in [5.41, 5.74) is -0.737. The fourth-order valence-electron chi connectivity index (χ4n) is 2.76. The molecular formula is C21H33NO8S2. The number of nitrogens with zero attached hydrogens (tertiary/aromatic N) is 1. The van der Waals surface area contributed by atoms with Crippen molar-refractivity contribution >= 4 is 47.2 Å². The van der Waals surface area contributed by atoms with E-state index in [0.717, 1.165) is 12.8 Å². The van der Waals surface area contributed by atoms with E-state index in [9.17, 15) is 18.9 Å². The van der Waals surface area contributed by atoms with Gasteiger partial charge in [0.25, 0.3) is 0 Å². The van der Waals surface area contributed by atoms with E-state index >= 15 is 0 Å². The summed E-state index contributed by atoms with van der Waals surface area (Å²) in [6.45, 7) is 12.6. The SMILES string of the molecule is C=CCCCS[C@H]1O[C@H](C=N[S+]([O-])C(C)(C)C)[C@H](OC(C)=O)[C@H](OC(C)=O)[C@H]1OC(C)=O. The van der Waals surface area contributed by atoms with Crippen LogP contribution in [0, 0.1) is 0 Å². The van der Waals surface area contributed by atoms with E-state index in [1.54, 1.807) is 26.8 Å². The summed E-state index contributed by atoms with van der Waals surface area (Å²) in [6, 6.07) is 0. The van der Waals surface area contributed by atoms with Gasteiger partial charge in [-0.25, -0.2) is 0 Å². The molecule has 1 aliphatic heterocycles. The minimum atomic E-state index is -1.59. The highest BCUT2D eigenvalue weighted by Gasteiger charge is 2.51. The summed E-state index contributed by atoms with van der Waals surface area (Å²) >= 11 is -0.222. The van der Waals surface area contributed by atoms with Crippen molar-refractivity contribution in [3.05, 3.63) is 12.7 Å². The minimum absolute atomic E-state index is 0.602. The van der Waals surface area contributed by atoms with Crippen molar-refractivity contribution in [2.24, 2.45) is 4.40 Å². The fourth-order valence-corrected chi connectivity index (χ4v) is 4.48. The van der Waals surface area contributed by atoms with E-state index in [2.05, 4.69) is 11.0 Å². The zero-order valence-electron chi connectivity index (χ0n) is 19.4. The zero-order valence-corrected chi connectivity index (χ0v) is 21.0. The molecule has 9 nitrogen and oxygen atoms in total. The quantitative estimate of drug-likeness (QED) is 0.113.